The number of aliphatic hydroxyl groups is 8. The maximum absolute atomic E-state index is 10.0. The summed E-state index contributed by atoms with van der Waals surface area (Å²) in [4.78, 5) is 27.2. The van der Waals surface area contributed by atoms with Gasteiger partial charge >= 0.3 is 52.3 Å². The molecule has 2 unspecified atom stereocenters. The van der Waals surface area contributed by atoms with Crippen LogP contribution in [0.15, 0.2) is 0 Å². The minimum absolute atomic E-state index is 0. The minimum Gasteiger partial charge on any atom is -1.00 e. The molecular weight excluding hydrogens is 1420 g/mol. The Morgan fingerprint density at radius 3 is 1.25 bits per heavy atom. The van der Waals surface area contributed by atoms with Crippen molar-refractivity contribution in [1.29, 1.82) is 0 Å². The third kappa shape index (κ3) is 58.7. The number of ether oxygens (including phenoxy) is 2. The number of quaternary nitrogens is 1. The number of rotatable bonds is 56. The van der Waals surface area contributed by atoms with E-state index in [9.17, 15) is 34.0 Å². The molecule has 0 aliphatic heterocycles. The summed E-state index contributed by atoms with van der Waals surface area (Å²) in [6, 6.07) is 4.39. The van der Waals surface area contributed by atoms with Gasteiger partial charge in [-0.3, -0.25) is 9.45 Å². The van der Waals surface area contributed by atoms with E-state index in [1.54, 1.807) is 49.8 Å². The smallest absolute Gasteiger partial charge is 0.500 e. The molecule has 40 heteroatoms. The molecule has 0 saturated heterocycles. The third-order valence-corrected chi connectivity index (χ3v) is 33.1. The van der Waals surface area contributed by atoms with Gasteiger partial charge < -0.3 is 139 Å². The SMILES string of the molecule is CCO[Si](CCCN(CCO)CCO)(OCC)OCC.CCO[Si](CCC[SiH2]C(O)[C@@H](O)[C@H](O)[C@@H](O)[C@@H](O)CO)(OCC)OCC.CO[Si](C)(CCCOCC(C)OCCC[Si](C)(OC)OC)OC.CO[Si](CCC[N+](C)(C)C)(OC)OC.O=S(=O)(O)CCC[Si](O)(O)O.[Cl-]. The van der Waals surface area contributed by atoms with Crippen LogP contribution in [0.1, 0.15) is 87.0 Å². The van der Waals surface area contributed by atoms with E-state index in [0.717, 1.165) is 67.4 Å². The highest BCUT2D eigenvalue weighted by molar-refractivity contribution is 7.85. The van der Waals surface area contributed by atoms with E-state index in [0.29, 0.717) is 91.1 Å². The fraction of sp³-hybridized carbons (Fsp3) is 1.00. The summed E-state index contributed by atoms with van der Waals surface area (Å²) >= 11 is 0. The third-order valence-electron chi connectivity index (χ3n) is 14.2. The summed E-state index contributed by atoms with van der Waals surface area (Å²) < 4.78 is 113. The first-order valence-electron chi connectivity index (χ1n) is 32.7. The van der Waals surface area contributed by atoms with Gasteiger partial charge in [0.2, 0.25) is 0 Å². The van der Waals surface area contributed by atoms with Crippen molar-refractivity contribution in [2.24, 2.45) is 0 Å². The maximum atomic E-state index is 10.0. The van der Waals surface area contributed by atoms with Crippen molar-refractivity contribution in [3.63, 3.8) is 0 Å². The molecule has 12 N–H and O–H groups in total. The van der Waals surface area contributed by atoms with Gasteiger partial charge in [-0.05, 0) is 106 Å². The van der Waals surface area contributed by atoms with Gasteiger partial charge in [0.15, 0.2) is 0 Å². The predicted octanol–water partition coefficient (Wildman–Crippen LogP) is -2.46. The van der Waals surface area contributed by atoms with Gasteiger partial charge in [-0.25, -0.2) is 0 Å². The van der Waals surface area contributed by atoms with Crippen LogP contribution in [0.4, 0.5) is 0 Å². The van der Waals surface area contributed by atoms with Crippen molar-refractivity contribution in [2.75, 3.05) is 182 Å². The molecule has 0 aromatic heterocycles. The second kappa shape index (κ2) is 62.0. The lowest BCUT2D eigenvalue weighted by Gasteiger charge is -2.29. The highest BCUT2D eigenvalue weighted by atomic mass is 35.5. The molecule has 0 spiro atoms. The Bertz CT molecular complexity index is 1750. The zero-order valence-electron chi connectivity index (χ0n) is 61.4. The Kier molecular flexibility index (Phi) is 69.6. The molecule has 582 valence electrons. The van der Waals surface area contributed by atoms with Crippen molar-refractivity contribution in [1.82, 2.24) is 4.90 Å². The highest BCUT2D eigenvalue weighted by Gasteiger charge is 2.42. The van der Waals surface area contributed by atoms with Gasteiger partial charge in [0.25, 0.3) is 10.1 Å². The summed E-state index contributed by atoms with van der Waals surface area (Å²) in [5, 5.41) is 75.4. The van der Waals surface area contributed by atoms with Gasteiger partial charge in [-0.15, -0.1) is 0 Å². The lowest BCUT2D eigenvalue weighted by Crippen LogP contribution is -3.00. The topological polar surface area (TPSA) is 419 Å². The van der Waals surface area contributed by atoms with Crippen LogP contribution in [-0.2, 0) is 77.1 Å². The predicted molar refractivity (Wildman–Crippen MR) is 375 cm³/mol. The van der Waals surface area contributed by atoms with Crippen LogP contribution in [-0.4, -0.2) is 358 Å². The Morgan fingerprint density at radius 1 is 0.505 bits per heavy atom. The molecule has 0 aliphatic rings. The van der Waals surface area contributed by atoms with E-state index in [-0.39, 0.29) is 44.2 Å². The fourth-order valence-corrected chi connectivity index (χ4v) is 21.8. The van der Waals surface area contributed by atoms with Crippen LogP contribution in [0.2, 0.25) is 55.4 Å². The summed E-state index contributed by atoms with van der Waals surface area (Å²) in [7, 11) is -2.54. The van der Waals surface area contributed by atoms with E-state index in [2.05, 4.69) is 34.2 Å². The van der Waals surface area contributed by atoms with Gasteiger partial charge in [0, 0.05) is 146 Å². The molecular formula is C55H137ClN2O29SSi7. The summed E-state index contributed by atoms with van der Waals surface area (Å²) in [5.74, 6) is -0.566. The summed E-state index contributed by atoms with van der Waals surface area (Å²) in [6.07, 6.45) is -2.17. The largest absolute Gasteiger partial charge is 1.00 e. The fourth-order valence-electron chi connectivity index (χ4n) is 8.63. The molecule has 0 heterocycles. The first-order valence-corrected chi connectivity index (χ1v) is 49.0. The van der Waals surface area contributed by atoms with Gasteiger partial charge in [-0.1, -0.05) is 12.5 Å². The van der Waals surface area contributed by atoms with E-state index < -0.39 is 114 Å². The lowest BCUT2D eigenvalue weighted by atomic mass is 10.0. The number of halogens is 1. The van der Waals surface area contributed by atoms with Crippen molar-refractivity contribution in [3.8, 4) is 0 Å². The van der Waals surface area contributed by atoms with Crippen molar-refractivity contribution in [2.45, 2.75) is 179 Å². The summed E-state index contributed by atoms with van der Waals surface area (Å²) in [6.45, 7) is 25.4. The van der Waals surface area contributed by atoms with Crippen LogP contribution in [0, 0.1) is 0 Å². The zero-order chi connectivity index (χ0) is 73.6. The second-order valence-corrected chi connectivity index (χ2v) is 44.5. The molecule has 6 atom stereocenters. The molecule has 0 saturated carbocycles. The normalized spacial score (nSPS) is 14.7. The Hall–Kier alpha value is 0.598. The van der Waals surface area contributed by atoms with Crippen molar-refractivity contribution in [3.05, 3.63) is 0 Å². The molecule has 0 rings (SSSR count). The molecule has 0 aromatic rings. The van der Waals surface area contributed by atoms with E-state index in [4.69, 9.17) is 101 Å². The van der Waals surface area contributed by atoms with Crippen molar-refractivity contribution < 1.29 is 152 Å². The Morgan fingerprint density at radius 2 is 0.905 bits per heavy atom. The number of aliphatic hydroxyl groups excluding tert-OH is 8. The molecule has 0 radical (unpaired) electrons. The van der Waals surface area contributed by atoms with Crippen LogP contribution < -0.4 is 12.4 Å². The first-order chi connectivity index (χ1) is 43.9. The standard InChI is InChI=1S/C15H36O9Si2.C15H36O6Si2.C13H31NO5Si.C9H24NO3Si.C3H10O6SSi.ClH/c1-4-22-26(23-5-2,24-6-3)9-7-8-25-15(21)14(20)13(19)12(18)11(17)10-16;1-15(21-11-9-13-23(7,18-4)19-5)14-20-10-8-12-22(6,16-2)17-3;1-4-17-20(18-5-2,19-6-3)13-7-8-14(9-11-15)10-12-16;1-10(2,3)8-7-9-14(11-4,12-5)13-6;4-10(5,6)2-1-3-11(7,8)9;/h11-21H,4-10,25H2,1-3H3;15H,8-14H2,1-7H3;15-16H,4-13H2,1-3H3;7-9H2,1-6H3;7-9H,1-3H2,(H,4,5,6);1H/q;;;+1;;/p-1/t11-,12-,13+,14-,15?;;;;;/m0...../s1. The molecule has 0 aromatic carbocycles. The van der Waals surface area contributed by atoms with Crippen LogP contribution >= 0.6 is 0 Å². The lowest BCUT2D eigenvalue weighted by molar-refractivity contribution is -0.870. The quantitative estimate of drug-likeness (QED) is 0.0130. The van der Waals surface area contributed by atoms with Crippen LogP contribution in [0.3, 0.4) is 0 Å². The Balaban J connectivity index is -0.000000267. The summed E-state index contributed by atoms with van der Waals surface area (Å²) in [5.41, 5.74) is -1.15. The van der Waals surface area contributed by atoms with E-state index >= 15 is 0 Å². The maximum Gasteiger partial charge on any atom is 0.500 e. The first kappa shape index (κ1) is 107. The van der Waals surface area contributed by atoms with Crippen LogP contribution in [0.5, 0.6) is 0 Å². The van der Waals surface area contributed by atoms with E-state index in [1.165, 1.54) is 0 Å². The molecule has 31 nitrogen and oxygen atoms in total. The average Bonchev–Trinajstić information content (AvgIpc) is 1.34. The Labute approximate surface area is 586 Å². The van der Waals surface area contributed by atoms with E-state index in [1.807, 2.05) is 53.4 Å². The molecule has 95 heavy (non-hydrogen) atoms. The zero-order valence-corrected chi connectivity index (χ0v) is 70.4. The second-order valence-electron chi connectivity index (χ2n) is 23.0. The number of hydrogen-bond donors (Lipinski definition) is 12. The van der Waals surface area contributed by atoms with Gasteiger partial charge in [0.05, 0.1) is 81.2 Å². The highest BCUT2D eigenvalue weighted by Crippen LogP contribution is 2.22. The van der Waals surface area contributed by atoms with Crippen molar-refractivity contribution >= 4 is 72.0 Å². The molecule has 0 aliphatic carbocycles. The van der Waals surface area contributed by atoms with Crippen LogP contribution in [0.25, 0.3) is 0 Å². The van der Waals surface area contributed by atoms with Gasteiger partial charge in [-0.2, -0.15) is 8.42 Å². The minimum atomic E-state index is -4.13. The molecule has 0 fully saturated rings. The average molecular weight is 1550 g/mol. The number of nitrogens with zero attached hydrogens (tertiary/aromatic N) is 2. The number of hydrogen-bond acceptors (Lipinski definition) is 29. The monoisotopic (exact) mass is 1550 g/mol. The van der Waals surface area contributed by atoms with Gasteiger partial charge in [0.1, 0.15) is 24.4 Å². The molecule has 0 amide bonds. The molecule has 0 bridgehead atoms.